The molecule has 1 aromatic carbocycles. The number of carbonyl (C=O) groups is 3. The highest BCUT2D eigenvalue weighted by Gasteiger charge is 2.74. The monoisotopic (exact) mass is 429 g/mol. The minimum atomic E-state index is -2.52. The van der Waals surface area contributed by atoms with Crippen LogP contribution in [0.4, 0.5) is 0 Å². The van der Waals surface area contributed by atoms with Gasteiger partial charge in [-0.25, -0.2) is 0 Å². The molecule has 1 amide bonds. The van der Waals surface area contributed by atoms with Gasteiger partial charge in [-0.3, -0.25) is 14.4 Å². The number of amides is 1. The highest BCUT2D eigenvalue weighted by Crippen LogP contribution is 2.44. The van der Waals surface area contributed by atoms with Crippen LogP contribution < -0.4 is 5.32 Å². The molecule has 0 saturated carbocycles. The van der Waals surface area contributed by atoms with E-state index in [0.29, 0.717) is 6.42 Å². The Morgan fingerprint density at radius 3 is 2.45 bits per heavy atom. The Morgan fingerprint density at radius 1 is 1.23 bits per heavy atom. The maximum absolute atomic E-state index is 13.1. The lowest BCUT2D eigenvalue weighted by molar-refractivity contribution is -0.160. The number of aliphatic hydroxyl groups is 3. The molecule has 0 aromatic heterocycles. The molecule has 2 aliphatic rings. The molecule has 1 saturated heterocycles. The van der Waals surface area contributed by atoms with Crippen LogP contribution in [-0.4, -0.2) is 57.3 Å². The van der Waals surface area contributed by atoms with Gasteiger partial charge in [-0.2, -0.15) is 0 Å². The molecule has 1 aromatic rings. The fourth-order valence-electron chi connectivity index (χ4n) is 3.59. The first-order chi connectivity index (χ1) is 14.7. The first kappa shape index (κ1) is 22.3. The number of ether oxygens (including phenoxy) is 2. The fourth-order valence-corrected chi connectivity index (χ4v) is 3.59. The zero-order valence-corrected chi connectivity index (χ0v) is 17.2. The van der Waals surface area contributed by atoms with Gasteiger partial charge >= 0.3 is 0 Å². The molecule has 2 heterocycles. The molecule has 1 spiro atoms. The third-order valence-corrected chi connectivity index (χ3v) is 5.41. The highest BCUT2D eigenvalue weighted by molar-refractivity contribution is 6.23. The molecule has 0 aliphatic carbocycles. The molecule has 3 rings (SSSR count). The number of carbonyl (C=O) groups excluding carboxylic acids is 3. The Balaban J connectivity index is 2.03. The molecule has 9 nitrogen and oxygen atoms in total. The summed E-state index contributed by atoms with van der Waals surface area (Å²) in [5.41, 5.74) is -4.78. The van der Waals surface area contributed by atoms with Gasteiger partial charge in [0.15, 0.2) is 17.6 Å². The van der Waals surface area contributed by atoms with Crippen molar-refractivity contribution >= 4 is 17.5 Å². The minimum Gasteiger partial charge on any atom is -0.512 e. The molecular weight excluding hydrogens is 406 g/mol. The van der Waals surface area contributed by atoms with Crippen molar-refractivity contribution in [2.75, 3.05) is 7.11 Å². The highest BCUT2D eigenvalue weighted by atomic mass is 16.6. The number of hydrogen-bond donors (Lipinski definition) is 4. The summed E-state index contributed by atoms with van der Waals surface area (Å²) in [6, 6.07) is 7.82. The number of hydrogen-bond acceptors (Lipinski definition) is 8. The summed E-state index contributed by atoms with van der Waals surface area (Å²) in [6.07, 6.45) is 0.558. The quantitative estimate of drug-likeness (QED) is 0.231. The summed E-state index contributed by atoms with van der Waals surface area (Å²) in [5.74, 6) is -3.69. The maximum Gasteiger partial charge on any atom is 0.279 e. The third-order valence-electron chi connectivity index (χ3n) is 5.41. The summed E-state index contributed by atoms with van der Waals surface area (Å²) < 4.78 is 10.8. The van der Waals surface area contributed by atoms with Gasteiger partial charge in [0.2, 0.25) is 17.3 Å². The van der Waals surface area contributed by atoms with Gasteiger partial charge in [0.1, 0.15) is 0 Å². The van der Waals surface area contributed by atoms with Crippen molar-refractivity contribution in [3.8, 4) is 0 Å². The van der Waals surface area contributed by atoms with E-state index in [1.54, 1.807) is 25.1 Å². The Hall–Kier alpha value is -3.43. The summed E-state index contributed by atoms with van der Waals surface area (Å²) in [6.45, 7) is 3.00. The molecular formula is C22H23NO8. The predicted molar refractivity (Wildman–Crippen MR) is 108 cm³/mol. The Labute approximate surface area is 178 Å². The molecule has 164 valence electrons. The van der Waals surface area contributed by atoms with Gasteiger partial charge in [-0.15, -0.1) is 0 Å². The smallest absolute Gasteiger partial charge is 0.279 e. The van der Waals surface area contributed by atoms with E-state index in [1.807, 2.05) is 0 Å². The third kappa shape index (κ3) is 3.22. The zero-order chi connectivity index (χ0) is 23.0. The van der Waals surface area contributed by atoms with Crippen molar-refractivity contribution in [1.29, 1.82) is 0 Å². The molecule has 3 atom stereocenters. The SMILES string of the molecule is CCC(O)=CC=C(O)C1=C(C)C(=O)C2(O1)C(=O)NC(OC)(C(=O)c1ccccc1)C2O. The number of methoxy groups -OCH3 is 1. The van der Waals surface area contributed by atoms with Crippen molar-refractivity contribution < 1.29 is 39.2 Å². The van der Waals surface area contributed by atoms with Crippen LogP contribution in [0.25, 0.3) is 0 Å². The average molecular weight is 429 g/mol. The molecule has 31 heavy (non-hydrogen) atoms. The molecule has 0 bridgehead atoms. The standard InChI is InChI=1S/C22H23NO8/c1-4-14(24)10-11-15(25)16-12(2)17(26)21(31-16)19(28)22(30-3,23-20(21)29)18(27)13-8-6-5-7-9-13/h5-11,19,24-25,28H,4H2,1-3H3,(H,23,29). The van der Waals surface area contributed by atoms with E-state index in [0.717, 1.165) is 13.2 Å². The molecule has 0 radical (unpaired) electrons. The predicted octanol–water partition coefficient (Wildman–Crippen LogP) is 1.61. The average Bonchev–Trinajstić information content (AvgIpc) is 3.18. The maximum atomic E-state index is 13.1. The first-order valence-electron chi connectivity index (χ1n) is 9.55. The molecule has 1 fully saturated rings. The Bertz CT molecular complexity index is 1030. The van der Waals surface area contributed by atoms with Crippen molar-refractivity contribution in [2.24, 2.45) is 0 Å². The first-order valence-corrected chi connectivity index (χ1v) is 9.55. The summed E-state index contributed by atoms with van der Waals surface area (Å²) in [4.78, 5) is 39.1. The van der Waals surface area contributed by atoms with Crippen molar-refractivity contribution in [3.63, 3.8) is 0 Å². The van der Waals surface area contributed by atoms with Crippen molar-refractivity contribution in [2.45, 2.75) is 37.7 Å². The zero-order valence-electron chi connectivity index (χ0n) is 17.2. The van der Waals surface area contributed by atoms with E-state index in [-0.39, 0.29) is 22.7 Å². The van der Waals surface area contributed by atoms with Gasteiger partial charge < -0.3 is 30.1 Å². The number of benzene rings is 1. The van der Waals surface area contributed by atoms with E-state index in [4.69, 9.17) is 9.47 Å². The lowest BCUT2D eigenvalue weighted by Crippen LogP contribution is -2.60. The van der Waals surface area contributed by atoms with Gasteiger partial charge in [0.05, 0.1) is 5.76 Å². The Kier molecular flexibility index (Phi) is 5.75. The lowest BCUT2D eigenvalue weighted by atomic mass is 9.85. The molecule has 4 N–H and O–H groups in total. The van der Waals surface area contributed by atoms with Crippen LogP contribution in [0.1, 0.15) is 30.6 Å². The summed E-state index contributed by atoms with van der Waals surface area (Å²) in [7, 11) is 1.11. The van der Waals surface area contributed by atoms with Crippen LogP contribution in [0.2, 0.25) is 0 Å². The lowest BCUT2D eigenvalue weighted by Gasteiger charge is -2.32. The van der Waals surface area contributed by atoms with Crippen LogP contribution >= 0.6 is 0 Å². The largest absolute Gasteiger partial charge is 0.512 e. The van der Waals surface area contributed by atoms with Gasteiger partial charge in [0, 0.05) is 24.7 Å². The number of rotatable bonds is 6. The van der Waals surface area contributed by atoms with E-state index < -0.39 is 40.7 Å². The Morgan fingerprint density at radius 2 is 1.87 bits per heavy atom. The second-order valence-electron chi connectivity index (χ2n) is 7.18. The van der Waals surface area contributed by atoms with Crippen molar-refractivity contribution in [3.05, 3.63) is 70.9 Å². The number of nitrogens with one attached hydrogen (secondary N) is 1. The van der Waals surface area contributed by atoms with E-state index >= 15 is 0 Å². The van der Waals surface area contributed by atoms with E-state index in [2.05, 4.69) is 5.32 Å². The number of Topliss-reactive ketones (excluding diaryl/α,β-unsaturated/α-hetero) is 2. The fraction of sp³-hybridized carbons (Fsp3) is 0.318. The molecule has 2 aliphatic heterocycles. The number of aliphatic hydroxyl groups excluding tert-OH is 3. The molecule has 3 unspecified atom stereocenters. The minimum absolute atomic E-state index is 0.0330. The second-order valence-corrected chi connectivity index (χ2v) is 7.18. The van der Waals surface area contributed by atoms with Gasteiger partial charge in [0.25, 0.3) is 11.5 Å². The normalized spacial score (nSPS) is 28.8. The van der Waals surface area contributed by atoms with Crippen LogP contribution in [0.15, 0.2) is 65.3 Å². The summed E-state index contributed by atoms with van der Waals surface area (Å²) >= 11 is 0. The van der Waals surface area contributed by atoms with Gasteiger partial charge in [-0.05, 0) is 19.1 Å². The van der Waals surface area contributed by atoms with Crippen LogP contribution in [0.5, 0.6) is 0 Å². The number of allylic oxidation sites excluding steroid dienone is 3. The summed E-state index contributed by atoms with van der Waals surface area (Å²) in [5, 5.41) is 33.2. The number of ketones is 2. The van der Waals surface area contributed by atoms with E-state index in [1.165, 1.54) is 25.1 Å². The van der Waals surface area contributed by atoms with Crippen LogP contribution in [-0.2, 0) is 19.1 Å². The van der Waals surface area contributed by atoms with E-state index in [9.17, 15) is 29.7 Å². The van der Waals surface area contributed by atoms with Crippen LogP contribution in [0.3, 0.4) is 0 Å². The van der Waals surface area contributed by atoms with Crippen molar-refractivity contribution in [1.82, 2.24) is 5.32 Å². The second kappa shape index (κ2) is 8.01. The van der Waals surface area contributed by atoms with Crippen LogP contribution in [0, 0.1) is 0 Å². The van der Waals surface area contributed by atoms with Gasteiger partial charge in [-0.1, -0.05) is 37.3 Å². The molecule has 9 heteroatoms. The topological polar surface area (TPSA) is 142 Å².